The number of amides is 1. The number of nitrogens with zero attached hydrogens (tertiary/aromatic N) is 4. The summed E-state index contributed by atoms with van der Waals surface area (Å²) in [5, 5.41) is 10.2. The van der Waals surface area contributed by atoms with Crippen LogP contribution in [0.1, 0.15) is 30.4 Å². The number of rotatable bonds is 8. The van der Waals surface area contributed by atoms with Crippen LogP contribution in [0.4, 0.5) is 5.69 Å². The van der Waals surface area contributed by atoms with Gasteiger partial charge in [0.2, 0.25) is 5.91 Å². The maximum atomic E-state index is 13.3. The molecule has 8 heteroatoms. The molecular weight excluding hydrogens is 448 g/mol. The molecule has 2 aromatic carbocycles. The summed E-state index contributed by atoms with van der Waals surface area (Å²) < 4.78 is 7.41. The van der Waals surface area contributed by atoms with Crippen molar-refractivity contribution in [2.75, 3.05) is 23.8 Å². The van der Waals surface area contributed by atoms with Crippen LogP contribution in [-0.2, 0) is 16.1 Å². The molecule has 0 bridgehead atoms. The first-order valence-electron chi connectivity index (χ1n) is 11.5. The number of thioether (sulfide) groups is 1. The van der Waals surface area contributed by atoms with Gasteiger partial charge >= 0.3 is 0 Å². The highest BCUT2D eigenvalue weighted by molar-refractivity contribution is 7.99. The lowest BCUT2D eigenvalue weighted by Crippen LogP contribution is -2.34. The number of anilines is 1. The Morgan fingerprint density at radius 1 is 1.26 bits per heavy atom. The topological polar surface area (TPSA) is 88.2 Å². The van der Waals surface area contributed by atoms with Crippen LogP contribution in [0.15, 0.2) is 52.4 Å². The highest BCUT2D eigenvalue weighted by Crippen LogP contribution is 2.24. The number of hydrogen-bond donors (Lipinski definition) is 0. The second-order valence-electron chi connectivity index (χ2n) is 8.55. The summed E-state index contributed by atoms with van der Waals surface area (Å²) in [5.74, 6) is -0.0225. The first-order chi connectivity index (χ1) is 16.5. The van der Waals surface area contributed by atoms with Gasteiger partial charge in [-0.3, -0.25) is 14.2 Å². The average Bonchev–Trinajstić information content (AvgIpc) is 3.33. The van der Waals surface area contributed by atoms with Gasteiger partial charge in [0.15, 0.2) is 5.16 Å². The van der Waals surface area contributed by atoms with E-state index in [1.165, 1.54) is 11.8 Å². The number of nitriles is 1. The lowest BCUT2D eigenvalue weighted by atomic mass is 10.1. The fraction of sp³-hybridized carbons (Fsp3) is 0.385. The van der Waals surface area contributed by atoms with Gasteiger partial charge < -0.3 is 9.64 Å². The fourth-order valence-corrected chi connectivity index (χ4v) is 5.17. The van der Waals surface area contributed by atoms with Crippen molar-refractivity contribution < 1.29 is 9.53 Å². The van der Waals surface area contributed by atoms with E-state index in [4.69, 9.17) is 15.0 Å². The van der Waals surface area contributed by atoms with Crippen LogP contribution in [0.5, 0.6) is 0 Å². The zero-order valence-corrected chi connectivity index (χ0v) is 20.3. The summed E-state index contributed by atoms with van der Waals surface area (Å²) in [7, 11) is 0. The van der Waals surface area contributed by atoms with Crippen molar-refractivity contribution in [3.8, 4) is 6.07 Å². The number of carbonyl (C=O) groups excluding carboxylic acids is 1. The van der Waals surface area contributed by atoms with E-state index >= 15 is 0 Å². The molecule has 34 heavy (non-hydrogen) atoms. The normalized spacial score (nSPS) is 15.4. The van der Waals surface area contributed by atoms with Crippen LogP contribution < -0.4 is 10.5 Å². The van der Waals surface area contributed by atoms with Gasteiger partial charge in [-0.15, -0.1) is 0 Å². The third kappa shape index (κ3) is 5.49. The number of ether oxygens (including phenoxy) is 1. The van der Waals surface area contributed by atoms with E-state index in [9.17, 15) is 9.59 Å². The Kier molecular flexibility index (Phi) is 7.66. The lowest BCUT2D eigenvalue weighted by Gasteiger charge is -2.23. The van der Waals surface area contributed by atoms with Crippen molar-refractivity contribution in [1.29, 1.82) is 5.26 Å². The van der Waals surface area contributed by atoms with E-state index in [1.807, 2.05) is 50.2 Å². The van der Waals surface area contributed by atoms with Gasteiger partial charge in [-0.25, -0.2) is 4.98 Å². The van der Waals surface area contributed by atoms with Crippen LogP contribution in [-0.4, -0.2) is 40.5 Å². The van der Waals surface area contributed by atoms with Crippen LogP contribution >= 0.6 is 11.8 Å². The largest absolute Gasteiger partial charge is 0.376 e. The number of carbonyl (C=O) groups is 1. The Hall–Kier alpha value is -3.15. The molecule has 0 saturated carbocycles. The van der Waals surface area contributed by atoms with Gasteiger partial charge in [0.25, 0.3) is 5.56 Å². The van der Waals surface area contributed by atoms with E-state index in [-0.39, 0.29) is 29.7 Å². The molecule has 2 heterocycles. The maximum absolute atomic E-state index is 13.3. The number of aromatic nitrogens is 2. The third-order valence-electron chi connectivity index (χ3n) is 5.83. The molecule has 1 amide bonds. The number of benzene rings is 2. The fourth-order valence-electron chi connectivity index (χ4n) is 4.28. The van der Waals surface area contributed by atoms with Gasteiger partial charge in [-0.1, -0.05) is 30.0 Å². The Bertz CT molecular complexity index is 1270. The molecule has 0 aliphatic carbocycles. The number of hydrogen-bond acceptors (Lipinski definition) is 6. The van der Waals surface area contributed by atoms with Crippen molar-refractivity contribution in [3.05, 3.63) is 63.9 Å². The molecule has 176 valence electrons. The van der Waals surface area contributed by atoms with Gasteiger partial charge in [0.1, 0.15) is 0 Å². The van der Waals surface area contributed by atoms with E-state index < -0.39 is 0 Å². The molecule has 1 aromatic heterocycles. The quantitative estimate of drug-likeness (QED) is 0.357. The molecule has 1 fully saturated rings. The highest BCUT2D eigenvalue weighted by Gasteiger charge is 2.22. The number of fused-ring (bicyclic) bond motifs is 1. The summed E-state index contributed by atoms with van der Waals surface area (Å²) in [4.78, 5) is 33.0. The van der Waals surface area contributed by atoms with E-state index in [0.29, 0.717) is 35.8 Å². The summed E-state index contributed by atoms with van der Waals surface area (Å²) >= 11 is 1.25. The average molecular weight is 477 g/mol. The van der Waals surface area contributed by atoms with Crippen molar-refractivity contribution in [3.63, 3.8) is 0 Å². The summed E-state index contributed by atoms with van der Waals surface area (Å²) in [6.45, 7) is 5.40. The van der Waals surface area contributed by atoms with Crippen molar-refractivity contribution in [2.24, 2.45) is 0 Å². The molecule has 1 unspecified atom stereocenters. The Morgan fingerprint density at radius 3 is 2.74 bits per heavy atom. The molecule has 3 aromatic rings. The van der Waals surface area contributed by atoms with E-state index in [1.54, 1.807) is 15.5 Å². The smallest absolute Gasteiger partial charge is 0.262 e. The van der Waals surface area contributed by atoms with Crippen LogP contribution in [0, 0.1) is 25.2 Å². The summed E-state index contributed by atoms with van der Waals surface area (Å²) in [6.07, 6.45) is 2.09. The molecule has 1 atom stereocenters. The molecule has 1 aliphatic heterocycles. The van der Waals surface area contributed by atoms with Gasteiger partial charge in [0, 0.05) is 18.8 Å². The first kappa shape index (κ1) is 24.0. The maximum Gasteiger partial charge on any atom is 0.262 e. The minimum Gasteiger partial charge on any atom is -0.376 e. The van der Waals surface area contributed by atoms with Gasteiger partial charge in [-0.05, 0) is 62.1 Å². The Labute approximate surface area is 203 Å². The molecule has 4 rings (SSSR count). The second kappa shape index (κ2) is 10.9. The summed E-state index contributed by atoms with van der Waals surface area (Å²) in [5.41, 5.74) is 3.38. The van der Waals surface area contributed by atoms with Crippen molar-refractivity contribution in [2.45, 2.75) is 50.9 Å². The third-order valence-corrected chi connectivity index (χ3v) is 6.79. The van der Waals surface area contributed by atoms with Crippen molar-refractivity contribution >= 4 is 34.3 Å². The predicted molar refractivity (Wildman–Crippen MR) is 134 cm³/mol. The highest BCUT2D eigenvalue weighted by atomic mass is 32.2. The number of para-hydroxylation sites is 1. The van der Waals surface area contributed by atoms with E-state index in [2.05, 4.69) is 6.07 Å². The Morgan fingerprint density at radius 2 is 2.03 bits per heavy atom. The van der Waals surface area contributed by atoms with Gasteiger partial charge in [-0.2, -0.15) is 5.26 Å². The lowest BCUT2D eigenvalue weighted by molar-refractivity contribution is -0.116. The zero-order valence-electron chi connectivity index (χ0n) is 19.5. The van der Waals surface area contributed by atoms with Crippen LogP contribution in [0.3, 0.4) is 0 Å². The van der Waals surface area contributed by atoms with Crippen LogP contribution in [0.25, 0.3) is 10.9 Å². The molecule has 0 N–H and O–H groups in total. The minimum atomic E-state index is -0.128. The summed E-state index contributed by atoms with van der Waals surface area (Å²) in [6, 6.07) is 15.4. The van der Waals surface area contributed by atoms with E-state index in [0.717, 1.165) is 29.7 Å². The standard InChI is InChI=1S/C26H28N4O3S/c1-18-13-19(2)15-20(14-18)29(11-6-10-27)24(31)17-34-26-28-23-9-4-3-8-22(23)25(32)30(26)16-21-7-5-12-33-21/h3-4,8-9,13-15,21H,5-7,11-12,16-17H2,1-2H3. The monoisotopic (exact) mass is 476 g/mol. The molecule has 0 radical (unpaired) electrons. The minimum absolute atomic E-state index is 0.0295. The number of aryl methyl sites for hydroxylation is 2. The predicted octanol–water partition coefficient (Wildman–Crippen LogP) is 4.23. The van der Waals surface area contributed by atoms with Crippen LogP contribution in [0.2, 0.25) is 0 Å². The molecule has 7 nitrogen and oxygen atoms in total. The molecule has 1 aliphatic rings. The Balaban J connectivity index is 1.62. The first-order valence-corrected chi connectivity index (χ1v) is 12.4. The SMILES string of the molecule is Cc1cc(C)cc(N(CCC#N)C(=O)CSc2nc3ccccc3c(=O)n2CC2CCCO2)c1. The van der Waals surface area contributed by atoms with Crippen molar-refractivity contribution in [1.82, 2.24) is 9.55 Å². The molecule has 1 saturated heterocycles. The molecular formula is C26H28N4O3S. The second-order valence-corrected chi connectivity index (χ2v) is 9.49. The zero-order chi connectivity index (χ0) is 24.1. The van der Waals surface area contributed by atoms with Gasteiger partial charge in [0.05, 0.1) is 41.8 Å². The molecule has 0 spiro atoms.